The van der Waals surface area contributed by atoms with E-state index in [4.69, 9.17) is 5.73 Å². The minimum absolute atomic E-state index is 0.199. The lowest BCUT2D eigenvalue weighted by atomic mass is 10.1. The number of nitrogens with one attached hydrogen (secondary N) is 1. The van der Waals surface area contributed by atoms with E-state index in [9.17, 15) is 22.8 Å². The fourth-order valence-corrected chi connectivity index (χ4v) is 1.40. The normalized spacial score (nSPS) is 12.6. The zero-order valence-electron chi connectivity index (χ0n) is 10.5. The smallest absolute Gasteiger partial charge is 0.351 e. The number of pyridine rings is 1. The van der Waals surface area contributed by atoms with Crippen LogP contribution in [-0.4, -0.2) is 41.6 Å². The quantitative estimate of drug-likeness (QED) is 0.860. The van der Waals surface area contributed by atoms with Crippen LogP contribution in [0.25, 0.3) is 0 Å². The van der Waals surface area contributed by atoms with Crippen molar-refractivity contribution in [1.29, 1.82) is 0 Å². The Morgan fingerprint density at radius 2 is 2.15 bits per heavy atom. The largest absolute Gasteiger partial charge is 0.412 e. The minimum Gasteiger partial charge on any atom is -0.351 e. The summed E-state index contributed by atoms with van der Waals surface area (Å²) in [6.07, 6.45) is -2.35. The van der Waals surface area contributed by atoms with Crippen LogP contribution in [0.3, 0.4) is 0 Å². The Morgan fingerprint density at radius 1 is 1.50 bits per heavy atom. The molecule has 1 aromatic heterocycles. The van der Waals surface area contributed by atoms with E-state index in [0.29, 0.717) is 0 Å². The third-order valence-corrected chi connectivity index (χ3v) is 2.41. The van der Waals surface area contributed by atoms with Gasteiger partial charge in [-0.25, -0.2) is 4.79 Å². The molecule has 0 aromatic carbocycles. The van der Waals surface area contributed by atoms with Crippen molar-refractivity contribution in [3.05, 3.63) is 30.1 Å². The van der Waals surface area contributed by atoms with Crippen molar-refractivity contribution in [3.8, 4) is 0 Å². The number of primary amides is 1. The Kier molecular flexibility index (Phi) is 4.89. The van der Waals surface area contributed by atoms with E-state index in [0.717, 1.165) is 11.1 Å². The lowest BCUT2D eigenvalue weighted by Crippen LogP contribution is -2.45. The molecule has 1 rings (SSSR count). The number of amides is 3. The first-order chi connectivity index (χ1) is 9.21. The molecule has 0 aliphatic heterocycles. The number of nitrogens with zero attached hydrogens (tertiary/aromatic N) is 2. The van der Waals surface area contributed by atoms with Crippen LogP contribution in [0.4, 0.5) is 18.0 Å². The lowest BCUT2D eigenvalue weighted by molar-refractivity contribution is -0.163. The number of halogens is 3. The molecular formula is C11H13F3N4O2. The van der Waals surface area contributed by atoms with Crippen molar-refractivity contribution in [2.75, 3.05) is 13.6 Å². The highest BCUT2D eigenvalue weighted by Crippen LogP contribution is 2.32. The van der Waals surface area contributed by atoms with Crippen molar-refractivity contribution >= 4 is 11.9 Å². The first-order valence-corrected chi connectivity index (χ1v) is 5.48. The summed E-state index contributed by atoms with van der Waals surface area (Å²) < 4.78 is 38.7. The molecule has 3 amide bonds. The van der Waals surface area contributed by atoms with Gasteiger partial charge in [-0.05, 0) is 6.07 Å². The van der Waals surface area contributed by atoms with Crippen LogP contribution in [0.1, 0.15) is 11.6 Å². The number of carbonyl (C=O) groups excluding carboxylic acids is 2. The van der Waals surface area contributed by atoms with E-state index in [-0.39, 0.29) is 5.56 Å². The molecule has 6 nitrogen and oxygen atoms in total. The van der Waals surface area contributed by atoms with Crippen LogP contribution in [0.2, 0.25) is 0 Å². The van der Waals surface area contributed by atoms with Gasteiger partial charge in [-0.1, -0.05) is 6.07 Å². The molecular weight excluding hydrogens is 277 g/mol. The monoisotopic (exact) mass is 290 g/mol. The van der Waals surface area contributed by atoms with Gasteiger partial charge in [0.25, 0.3) is 0 Å². The number of rotatable bonds is 4. The van der Waals surface area contributed by atoms with Crippen molar-refractivity contribution < 1.29 is 22.8 Å². The van der Waals surface area contributed by atoms with E-state index >= 15 is 0 Å². The number of aromatic nitrogens is 1. The Morgan fingerprint density at radius 3 is 2.60 bits per heavy atom. The van der Waals surface area contributed by atoms with Crippen molar-refractivity contribution in [1.82, 2.24) is 15.2 Å². The van der Waals surface area contributed by atoms with E-state index in [1.165, 1.54) is 25.4 Å². The van der Waals surface area contributed by atoms with Gasteiger partial charge in [0, 0.05) is 25.0 Å². The summed E-state index contributed by atoms with van der Waals surface area (Å²) in [6, 6.07) is -0.575. The molecule has 0 bridgehead atoms. The Labute approximate surface area is 112 Å². The van der Waals surface area contributed by atoms with Crippen molar-refractivity contribution in [2.24, 2.45) is 5.73 Å². The number of urea groups is 1. The Balaban J connectivity index is 2.82. The molecule has 0 radical (unpaired) electrons. The average molecular weight is 290 g/mol. The second kappa shape index (κ2) is 6.22. The highest BCUT2D eigenvalue weighted by atomic mass is 19.4. The van der Waals surface area contributed by atoms with Crippen molar-refractivity contribution in [2.45, 2.75) is 12.2 Å². The molecule has 110 valence electrons. The first-order valence-electron chi connectivity index (χ1n) is 5.48. The molecule has 1 atom stereocenters. The summed E-state index contributed by atoms with van der Waals surface area (Å²) in [5, 5.41) is 1.81. The summed E-state index contributed by atoms with van der Waals surface area (Å²) in [7, 11) is 1.20. The predicted molar refractivity (Wildman–Crippen MR) is 63.4 cm³/mol. The molecule has 0 spiro atoms. The Bertz CT molecular complexity index is 478. The zero-order valence-corrected chi connectivity index (χ0v) is 10.5. The van der Waals surface area contributed by atoms with Gasteiger partial charge in [-0.3, -0.25) is 9.78 Å². The summed E-state index contributed by atoms with van der Waals surface area (Å²) in [4.78, 5) is 26.6. The number of hydrogen-bond acceptors (Lipinski definition) is 3. The molecule has 0 aliphatic rings. The molecule has 3 N–H and O–H groups in total. The summed E-state index contributed by atoms with van der Waals surface area (Å²) >= 11 is 0. The van der Waals surface area contributed by atoms with Crippen LogP contribution < -0.4 is 11.1 Å². The minimum atomic E-state index is -4.68. The molecule has 0 fully saturated rings. The fourth-order valence-electron chi connectivity index (χ4n) is 1.40. The first kappa shape index (κ1) is 15.7. The highest BCUT2D eigenvalue weighted by molar-refractivity contribution is 5.83. The molecule has 9 heteroatoms. The van der Waals surface area contributed by atoms with E-state index in [1.807, 2.05) is 0 Å². The van der Waals surface area contributed by atoms with Gasteiger partial charge in [0.05, 0.1) is 0 Å². The van der Waals surface area contributed by atoms with Gasteiger partial charge in [-0.2, -0.15) is 13.2 Å². The molecule has 0 saturated carbocycles. The number of likely N-dealkylation sites (N-methyl/N-ethyl adjacent to an activating group) is 1. The van der Waals surface area contributed by atoms with E-state index in [2.05, 4.69) is 4.98 Å². The lowest BCUT2D eigenvalue weighted by Gasteiger charge is -2.23. The van der Waals surface area contributed by atoms with Crippen LogP contribution >= 0.6 is 0 Å². The summed E-state index contributed by atoms with van der Waals surface area (Å²) in [6.45, 7) is -0.567. The number of carbonyl (C=O) groups is 2. The SMILES string of the molecule is CN(CC(=O)NC(c1cccnc1)C(F)(F)F)C(N)=O. The maximum atomic E-state index is 12.9. The van der Waals surface area contributed by atoms with Gasteiger partial charge in [0.2, 0.25) is 5.91 Å². The summed E-state index contributed by atoms with van der Waals surface area (Å²) in [5.74, 6) is -0.975. The highest BCUT2D eigenvalue weighted by Gasteiger charge is 2.42. The van der Waals surface area contributed by atoms with Crippen LogP contribution in [0.5, 0.6) is 0 Å². The third-order valence-electron chi connectivity index (χ3n) is 2.41. The standard InChI is InChI=1S/C11H13F3N4O2/c1-18(10(15)20)6-8(19)17-9(11(12,13)14)7-3-2-4-16-5-7/h2-5,9H,6H2,1H3,(H2,15,20)(H,17,19). The van der Waals surface area contributed by atoms with Gasteiger partial charge in [0.15, 0.2) is 6.04 Å². The topological polar surface area (TPSA) is 88.3 Å². The maximum Gasteiger partial charge on any atom is 0.412 e. The number of nitrogens with two attached hydrogens (primary N) is 1. The van der Waals surface area contributed by atoms with Gasteiger partial charge >= 0.3 is 12.2 Å². The van der Waals surface area contributed by atoms with Gasteiger partial charge < -0.3 is 16.0 Å². The molecule has 1 unspecified atom stereocenters. The van der Waals surface area contributed by atoms with Crippen molar-refractivity contribution in [3.63, 3.8) is 0 Å². The molecule has 0 aliphatic carbocycles. The van der Waals surface area contributed by atoms with E-state index in [1.54, 1.807) is 5.32 Å². The van der Waals surface area contributed by atoms with Crippen LogP contribution in [0.15, 0.2) is 24.5 Å². The Hall–Kier alpha value is -2.32. The second-order valence-corrected chi connectivity index (χ2v) is 4.02. The summed E-state index contributed by atoms with van der Waals surface area (Å²) in [5.41, 5.74) is 4.69. The maximum absolute atomic E-state index is 12.9. The van der Waals surface area contributed by atoms with Crippen LogP contribution in [0, 0.1) is 0 Å². The third kappa shape index (κ3) is 4.41. The number of alkyl halides is 3. The average Bonchev–Trinajstić information content (AvgIpc) is 2.35. The van der Waals surface area contributed by atoms with Gasteiger partial charge in [0.1, 0.15) is 6.54 Å². The molecule has 1 heterocycles. The zero-order chi connectivity index (χ0) is 15.3. The fraction of sp³-hybridized carbons (Fsp3) is 0.364. The molecule has 0 saturated heterocycles. The molecule has 1 aromatic rings. The predicted octanol–water partition coefficient (Wildman–Crippen LogP) is 0.812. The second-order valence-electron chi connectivity index (χ2n) is 4.02. The van der Waals surface area contributed by atoms with Crippen LogP contribution in [-0.2, 0) is 4.79 Å². The van der Waals surface area contributed by atoms with E-state index < -0.39 is 30.7 Å². The van der Waals surface area contributed by atoms with Gasteiger partial charge in [-0.15, -0.1) is 0 Å². The molecule has 20 heavy (non-hydrogen) atoms. The number of hydrogen-bond donors (Lipinski definition) is 2.